The zero-order valence-corrected chi connectivity index (χ0v) is 22.6. The number of anilines is 1. The van der Waals surface area contributed by atoms with Crippen LogP contribution in [-0.2, 0) is 19.7 Å². The molecule has 208 valence electrons. The first kappa shape index (κ1) is 28.4. The third-order valence-corrected chi connectivity index (χ3v) is 7.36. The van der Waals surface area contributed by atoms with Gasteiger partial charge in [-0.3, -0.25) is 24.4 Å². The van der Waals surface area contributed by atoms with Crippen LogP contribution in [0.2, 0.25) is 0 Å². The van der Waals surface area contributed by atoms with Crippen molar-refractivity contribution in [2.45, 2.75) is 75.9 Å². The molecular formula is C29H35F2N5O3. The minimum absolute atomic E-state index is 0.00204. The number of pyridine rings is 1. The van der Waals surface area contributed by atoms with E-state index in [4.69, 9.17) is 4.74 Å². The number of aromatic nitrogens is 1. The molecule has 4 rings (SSSR count). The molecule has 1 saturated heterocycles. The monoisotopic (exact) mass is 539 g/mol. The Labute approximate surface area is 227 Å². The lowest BCUT2D eigenvalue weighted by Crippen LogP contribution is -2.56. The van der Waals surface area contributed by atoms with Crippen molar-refractivity contribution < 1.29 is 23.1 Å². The van der Waals surface area contributed by atoms with Crippen molar-refractivity contribution in [3.63, 3.8) is 0 Å². The molecule has 2 heterocycles. The van der Waals surface area contributed by atoms with Gasteiger partial charge in [-0.25, -0.2) is 8.78 Å². The molecular weight excluding hydrogens is 504 g/mol. The largest absolute Gasteiger partial charge is 0.377 e. The average Bonchev–Trinajstić information content (AvgIpc) is 2.92. The van der Waals surface area contributed by atoms with Gasteiger partial charge in [-0.2, -0.15) is 5.26 Å². The maximum atomic E-state index is 14.2. The van der Waals surface area contributed by atoms with Crippen molar-refractivity contribution in [1.82, 2.24) is 15.2 Å². The van der Waals surface area contributed by atoms with Gasteiger partial charge < -0.3 is 10.1 Å². The predicted octanol–water partition coefficient (Wildman–Crippen LogP) is 4.33. The minimum Gasteiger partial charge on any atom is -0.377 e. The molecule has 2 atom stereocenters. The summed E-state index contributed by atoms with van der Waals surface area (Å²) in [6.45, 7) is 6.81. The van der Waals surface area contributed by atoms with E-state index in [1.54, 1.807) is 30.5 Å². The molecule has 2 aromatic rings. The fourth-order valence-corrected chi connectivity index (χ4v) is 5.03. The molecule has 2 fully saturated rings. The van der Waals surface area contributed by atoms with Crippen LogP contribution < -0.4 is 10.2 Å². The van der Waals surface area contributed by atoms with Gasteiger partial charge in [-0.1, -0.05) is 39.0 Å². The average molecular weight is 540 g/mol. The highest BCUT2D eigenvalue weighted by molar-refractivity contribution is 6.04. The Morgan fingerprint density at radius 1 is 1.21 bits per heavy atom. The first-order valence-electron chi connectivity index (χ1n) is 13.3. The van der Waals surface area contributed by atoms with Crippen LogP contribution in [0, 0.1) is 11.5 Å². The Hall–Kier alpha value is -3.58. The SMILES string of the molecule is CC(C)(C)c1ccc(N(C(=O)[C@H]2COCCN2C#N)C(C(=O)NC2CCC(F)(F)CC2)c2cccnc2)cc1. The molecule has 1 aliphatic heterocycles. The molecule has 1 aliphatic carbocycles. The van der Waals surface area contributed by atoms with Gasteiger partial charge in [-0.05, 0) is 42.0 Å². The van der Waals surface area contributed by atoms with Gasteiger partial charge in [-0.15, -0.1) is 0 Å². The van der Waals surface area contributed by atoms with E-state index >= 15 is 0 Å². The molecule has 1 saturated carbocycles. The molecule has 39 heavy (non-hydrogen) atoms. The number of carbonyl (C=O) groups is 2. The highest BCUT2D eigenvalue weighted by Crippen LogP contribution is 2.35. The third kappa shape index (κ3) is 6.71. The minimum atomic E-state index is -2.73. The van der Waals surface area contributed by atoms with Crippen LogP contribution in [-0.4, -0.2) is 59.5 Å². The number of morpholine rings is 1. The number of nitrogens with zero attached hydrogens (tertiary/aromatic N) is 4. The molecule has 0 spiro atoms. The number of nitriles is 1. The van der Waals surface area contributed by atoms with Crippen LogP contribution in [0.15, 0.2) is 48.8 Å². The Morgan fingerprint density at radius 2 is 1.90 bits per heavy atom. The number of benzene rings is 1. The molecule has 10 heteroatoms. The molecule has 1 N–H and O–H groups in total. The Kier molecular flexibility index (Phi) is 8.50. The van der Waals surface area contributed by atoms with Gasteiger partial charge in [0.2, 0.25) is 11.8 Å². The molecule has 0 bridgehead atoms. The fourth-order valence-electron chi connectivity index (χ4n) is 5.03. The highest BCUT2D eigenvalue weighted by Gasteiger charge is 2.41. The second-order valence-electron chi connectivity index (χ2n) is 11.2. The Bertz CT molecular complexity index is 1180. The summed E-state index contributed by atoms with van der Waals surface area (Å²) in [4.78, 5) is 35.1. The van der Waals surface area contributed by atoms with E-state index < -0.39 is 35.9 Å². The van der Waals surface area contributed by atoms with Crippen LogP contribution in [0.4, 0.5) is 14.5 Å². The Balaban J connectivity index is 1.75. The lowest BCUT2D eigenvalue weighted by atomic mass is 9.87. The van der Waals surface area contributed by atoms with E-state index in [1.165, 1.54) is 16.0 Å². The molecule has 0 radical (unpaired) electrons. The molecule has 1 aromatic carbocycles. The molecule has 1 aromatic heterocycles. The summed E-state index contributed by atoms with van der Waals surface area (Å²) < 4.78 is 33.1. The number of ether oxygens (including phenoxy) is 1. The number of rotatable bonds is 6. The summed E-state index contributed by atoms with van der Waals surface area (Å²) in [5.74, 6) is -3.70. The first-order valence-corrected chi connectivity index (χ1v) is 13.3. The van der Waals surface area contributed by atoms with Gasteiger partial charge in [0.1, 0.15) is 12.1 Å². The van der Waals surface area contributed by atoms with Gasteiger partial charge in [0.15, 0.2) is 6.19 Å². The van der Waals surface area contributed by atoms with Crippen molar-refractivity contribution >= 4 is 17.5 Å². The third-order valence-electron chi connectivity index (χ3n) is 7.36. The summed E-state index contributed by atoms with van der Waals surface area (Å²) in [6, 6.07) is 8.27. The van der Waals surface area contributed by atoms with Crippen molar-refractivity contribution in [2.24, 2.45) is 0 Å². The number of alkyl halides is 2. The second-order valence-corrected chi connectivity index (χ2v) is 11.2. The van der Waals surface area contributed by atoms with Crippen LogP contribution in [0.1, 0.15) is 63.6 Å². The number of hydrogen-bond donors (Lipinski definition) is 1. The molecule has 2 amide bonds. The van der Waals surface area contributed by atoms with E-state index in [9.17, 15) is 23.6 Å². The lowest BCUT2D eigenvalue weighted by molar-refractivity contribution is -0.132. The fraction of sp³-hybridized carbons (Fsp3) is 0.517. The summed E-state index contributed by atoms with van der Waals surface area (Å²) in [5, 5.41) is 12.6. The van der Waals surface area contributed by atoms with Gasteiger partial charge in [0.05, 0.1) is 19.8 Å². The van der Waals surface area contributed by atoms with Crippen molar-refractivity contribution in [1.29, 1.82) is 5.26 Å². The van der Waals surface area contributed by atoms with Crippen LogP contribution >= 0.6 is 0 Å². The van der Waals surface area contributed by atoms with Gasteiger partial charge >= 0.3 is 0 Å². The van der Waals surface area contributed by atoms with E-state index in [2.05, 4.69) is 37.3 Å². The standard InChI is InChI=1S/C29H35F2N5O3/c1-28(2,3)21-6-8-23(9-7-21)36(27(38)24-18-39-16-15-35(24)19-32)25(20-5-4-14-33-17-20)26(37)34-22-10-12-29(30,31)13-11-22/h4-9,14,17,22,24-25H,10-13,15-16,18H2,1-3H3,(H,34,37)/t24-,25?/m1/s1. The van der Waals surface area contributed by atoms with E-state index in [0.717, 1.165) is 5.56 Å². The zero-order valence-electron chi connectivity index (χ0n) is 22.6. The number of nitrogens with one attached hydrogen (secondary N) is 1. The topological polar surface area (TPSA) is 98.6 Å². The van der Waals surface area contributed by atoms with Crippen molar-refractivity contribution in [3.8, 4) is 6.19 Å². The lowest BCUT2D eigenvalue weighted by Gasteiger charge is -2.38. The maximum Gasteiger partial charge on any atom is 0.253 e. The number of carbonyl (C=O) groups excluding carboxylic acids is 2. The molecule has 2 aliphatic rings. The van der Waals surface area contributed by atoms with Crippen molar-refractivity contribution in [2.75, 3.05) is 24.7 Å². The van der Waals surface area contributed by atoms with Crippen LogP contribution in [0.5, 0.6) is 0 Å². The predicted molar refractivity (Wildman–Crippen MR) is 142 cm³/mol. The van der Waals surface area contributed by atoms with Crippen molar-refractivity contribution in [3.05, 3.63) is 59.9 Å². The molecule has 1 unspecified atom stereocenters. The molecule has 8 nitrogen and oxygen atoms in total. The number of halogens is 2. The van der Waals surface area contributed by atoms with Gasteiger partial charge in [0.25, 0.3) is 5.91 Å². The van der Waals surface area contributed by atoms with Gasteiger partial charge in [0, 0.05) is 42.5 Å². The highest BCUT2D eigenvalue weighted by atomic mass is 19.3. The summed E-state index contributed by atoms with van der Waals surface area (Å²) in [5.41, 5.74) is 1.84. The second kappa shape index (κ2) is 11.7. The normalized spacial score (nSPS) is 20.5. The zero-order chi connectivity index (χ0) is 28.2. The number of hydrogen-bond acceptors (Lipinski definition) is 6. The van der Waals surface area contributed by atoms with E-state index in [0.29, 0.717) is 17.9 Å². The first-order chi connectivity index (χ1) is 18.5. The van der Waals surface area contributed by atoms with E-state index in [1.807, 2.05) is 12.1 Å². The summed E-state index contributed by atoms with van der Waals surface area (Å²) in [7, 11) is 0. The van der Waals surface area contributed by atoms with Crippen LogP contribution in [0.3, 0.4) is 0 Å². The smallest absolute Gasteiger partial charge is 0.253 e. The Morgan fingerprint density at radius 3 is 2.49 bits per heavy atom. The maximum absolute atomic E-state index is 14.2. The quantitative estimate of drug-likeness (QED) is 0.549. The van der Waals surface area contributed by atoms with Crippen LogP contribution in [0.25, 0.3) is 0 Å². The number of amides is 2. The van der Waals surface area contributed by atoms with E-state index in [-0.39, 0.29) is 44.2 Å². The summed E-state index contributed by atoms with van der Waals surface area (Å²) >= 11 is 0. The summed E-state index contributed by atoms with van der Waals surface area (Å²) in [6.07, 6.45) is 4.84.